The van der Waals surface area contributed by atoms with Crippen LogP contribution in [0.3, 0.4) is 0 Å². The predicted octanol–water partition coefficient (Wildman–Crippen LogP) is 4.09. The average molecular weight is 460 g/mol. The fourth-order valence-electron chi connectivity index (χ4n) is 3.84. The highest BCUT2D eigenvalue weighted by Crippen LogP contribution is 2.35. The molecule has 0 spiro atoms. The largest absolute Gasteiger partial charge is 0.493 e. The highest BCUT2D eigenvalue weighted by Gasteiger charge is 2.34. The van der Waals surface area contributed by atoms with Crippen molar-refractivity contribution in [3.05, 3.63) is 46.2 Å². The first-order valence-corrected chi connectivity index (χ1v) is 11.9. The summed E-state index contributed by atoms with van der Waals surface area (Å²) in [5.74, 6) is 1.22. The molecular weight excluding hydrogens is 426 g/mol. The minimum Gasteiger partial charge on any atom is -0.493 e. The van der Waals surface area contributed by atoms with Gasteiger partial charge in [-0.15, -0.1) is 11.3 Å². The second-order valence-electron chi connectivity index (χ2n) is 8.44. The van der Waals surface area contributed by atoms with Crippen LogP contribution in [0.4, 0.5) is 4.79 Å². The number of thiophene rings is 1. The lowest BCUT2D eigenvalue weighted by atomic mass is 10.0. The molecule has 1 atom stereocenters. The van der Waals surface area contributed by atoms with Gasteiger partial charge in [-0.05, 0) is 63.3 Å². The van der Waals surface area contributed by atoms with Gasteiger partial charge >= 0.3 is 6.03 Å². The van der Waals surface area contributed by atoms with E-state index < -0.39 is 0 Å². The first kappa shape index (κ1) is 23.9. The predicted molar refractivity (Wildman–Crippen MR) is 126 cm³/mol. The van der Waals surface area contributed by atoms with Gasteiger partial charge in [0, 0.05) is 23.5 Å². The number of benzene rings is 1. The summed E-state index contributed by atoms with van der Waals surface area (Å²) in [7, 11) is 1.61. The minimum absolute atomic E-state index is 0.00389. The van der Waals surface area contributed by atoms with E-state index in [-0.39, 0.29) is 36.6 Å². The first-order chi connectivity index (χ1) is 15.3. The number of nitrogens with one attached hydrogen (secondary N) is 1. The molecule has 0 radical (unpaired) electrons. The van der Waals surface area contributed by atoms with E-state index in [1.54, 1.807) is 23.3 Å². The van der Waals surface area contributed by atoms with Crippen LogP contribution in [0.15, 0.2) is 35.7 Å². The van der Waals surface area contributed by atoms with Crippen molar-refractivity contribution >= 4 is 23.3 Å². The van der Waals surface area contributed by atoms with Gasteiger partial charge in [0.05, 0.1) is 13.2 Å². The van der Waals surface area contributed by atoms with Crippen molar-refractivity contribution in [2.45, 2.75) is 52.2 Å². The quantitative estimate of drug-likeness (QED) is 0.646. The van der Waals surface area contributed by atoms with Gasteiger partial charge in [-0.25, -0.2) is 4.79 Å². The van der Waals surface area contributed by atoms with E-state index in [4.69, 9.17) is 9.47 Å². The lowest BCUT2D eigenvalue weighted by Gasteiger charge is -2.37. The molecule has 32 heavy (non-hydrogen) atoms. The van der Waals surface area contributed by atoms with Crippen molar-refractivity contribution in [2.75, 3.05) is 26.8 Å². The molecule has 1 aromatic carbocycles. The fraction of sp³-hybridized carbons (Fsp3) is 0.500. The molecule has 3 amide bonds. The number of carbonyl (C=O) groups excluding carboxylic acids is 2. The van der Waals surface area contributed by atoms with Crippen molar-refractivity contribution in [3.8, 4) is 11.5 Å². The maximum absolute atomic E-state index is 13.4. The summed E-state index contributed by atoms with van der Waals surface area (Å²) in [6.07, 6.45) is 0.809. The third-order valence-corrected chi connectivity index (χ3v) is 6.48. The number of ether oxygens (including phenoxy) is 2. The number of fused-ring (bicyclic) bond motifs is 1. The Balaban J connectivity index is 1.78. The SMILES string of the molecule is COc1ccccc1OC[C@@H]1c2ccsc2CCN1C(=O)CN(C(=O)NC(C)C)C(C)C. The molecule has 0 fully saturated rings. The molecule has 0 saturated heterocycles. The zero-order valence-corrected chi connectivity index (χ0v) is 20.3. The Bertz CT molecular complexity index is 927. The number of para-hydroxylation sites is 2. The van der Waals surface area contributed by atoms with Gasteiger partial charge in [0.1, 0.15) is 13.2 Å². The summed E-state index contributed by atoms with van der Waals surface area (Å²) in [5.41, 5.74) is 1.12. The van der Waals surface area contributed by atoms with Crippen molar-refractivity contribution in [1.82, 2.24) is 15.1 Å². The maximum Gasteiger partial charge on any atom is 0.318 e. The lowest BCUT2D eigenvalue weighted by molar-refractivity contribution is -0.135. The Hall–Kier alpha value is -2.74. The van der Waals surface area contributed by atoms with Gasteiger partial charge in [-0.2, -0.15) is 0 Å². The van der Waals surface area contributed by atoms with Crippen molar-refractivity contribution in [2.24, 2.45) is 0 Å². The molecule has 2 aromatic rings. The molecule has 1 N–H and O–H groups in total. The van der Waals surface area contributed by atoms with Gasteiger partial charge < -0.3 is 24.6 Å². The summed E-state index contributed by atoms with van der Waals surface area (Å²) < 4.78 is 11.5. The number of rotatable bonds is 8. The van der Waals surface area contributed by atoms with E-state index in [9.17, 15) is 9.59 Å². The third-order valence-electron chi connectivity index (χ3n) is 5.48. The number of hydrogen-bond donors (Lipinski definition) is 1. The van der Waals surface area contributed by atoms with Gasteiger partial charge in [0.25, 0.3) is 0 Å². The Morgan fingerprint density at radius 2 is 1.91 bits per heavy atom. The van der Waals surface area contributed by atoms with E-state index >= 15 is 0 Å². The van der Waals surface area contributed by atoms with Crippen molar-refractivity contribution in [3.63, 3.8) is 0 Å². The van der Waals surface area contributed by atoms with Gasteiger partial charge in [-0.1, -0.05) is 12.1 Å². The topological polar surface area (TPSA) is 71.1 Å². The van der Waals surface area contributed by atoms with E-state index in [2.05, 4.69) is 16.8 Å². The molecule has 0 aliphatic carbocycles. The minimum atomic E-state index is -0.224. The zero-order chi connectivity index (χ0) is 23.3. The Labute approximate surface area is 194 Å². The monoisotopic (exact) mass is 459 g/mol. The molecule has 174 valence electrons. The molecule has 0 unspecified atom stereocenters. The highest BCUT2D eigenvalue weighted by atomic mass is 32.1. The molecule has 0 saturated carbocycles. The first-order valence-electron chi connectivity index (χ1n) is 11.0. The standard InChI is InChI=1S/C24H33N3O4S/c1-16(2)25-24(29)27(17(3)4)14-23(28)26-12-10-22-18(11-13-32-22)19(26)15-31-21-9-7-6-8-20(21)30-5/h6-9,11,13,16-17,19H,10,12,14-15H2,1-5H3,(H,25,29)/t19-/m1/s1. The summed E-state index contributed by atoms with van der Waals surface area (Å²) in [5, 5.41) is 4.95. The van der Waals surface area contributed by atoms with Crippen molar-refractivity contribution in [1.29, 1.82) is 0 Å². The second kappa shape index (κ2) is 10.7. The zero-order valence-electron chi connectivity index (χ0n) is 19.5. The normalized spacial score (nSPS) is 15.5. The summed E-state index contributed by atoms with van der Waals surface area (Å²) >= 11 is 1.71. The molecule has 8 heteroatoms. The fourth-order valence-corrected chi connectivity index (χ4v) is 4.76. The third kappa shape index (κ3) is 5.54. The molecule has 1 aromatic heterocycles. The molecule has 2 heterocycles. The molecule has 1 aliphatic rings. The van der Waals surface area contributed by atoms with Crippen LogP contribution >= 0.6 is 11.3 Å². The highest BCUT2D eigenvalue weighted by molar-refractivity contribution is 7.10. The Morgan fingerprint density at radius 3 is 2.56 bits per heavy atom. The number of amides is 3. The molecular formula is C24H33N3O4S. The van der Waals surface area contributed by atoms with E-state index in [1.165, 1.54) is 4.88 Å². The van der Waals surface area contributed by atoms with E-state index in [0.29, 0.717) is 24.7 Å². The molecule has 1 aliphatic heterocycles. The summed E-state index contributed by atoms with van der Waals surface area (Å²) in [4.78, 5) is 30.8. The van der Waals surface area contributed by atoms with Crippen LogP contribution in [-0.2, 0) is 11.2 Å². The number of methoxy groups -OCH3 is 1. The molecule has 7 nitrogen and oxygen atoms in total. The molecule has 0 bridgehead atoms. The number of carbonyl (C=O) groups is 2. The number of nitrogens with zero attached hydrogens (tertiary/aromatic N) is 2. The van der Waals surface area contributed by atoms with Gasteiger partial charge in [-0.3, -0.25) is 4.79 Å². The molecule has 3 rings (SSSR count). The van der Waals surface area contributed by atoms with Crippen LogP contribution in [0.25, 0.3) is 0 Å². The number of urea groups is 1. The van der Waals surface area contributed by atoms with Crippen LogP contribution in [-0.4, -0.2) is 60.6 Å². The maximum atomic E-state index is 13.4. The van der Waals surface area contributed by atoms with Crippen LogP contribution in [0.1, 0.15) is 44.2 Å². The summed E-state index contributed by atoms with van der Waals surface area (Å²) in [6.45, 7) is 8.60. The Kier molecular flexibility index (Phi) is 8.01. The smallest absolute Gasteiger partial charge is 0.318 e. The van der Waals surface area contributed by atoms with E-state index in [1.807, 2.05) is 56.9 Å². The lowest BCUT2D eigenvalue weighted by Crippen LogP contribution is -2.52. The van der Waals surface area contributed by atoms with Crippen LogP contribution in [0.5, 0.6) is 11.5 Å². The van der Waals surface area contributed by atoms with Gasteiger partial charge in [0.2, 0.25) is 5.91 Å². The number of hydrogen-bond acceptors (Lipinski definition) is 5. The Morgan fingerprint density at radius 1 is 1.19 bits per heavy atom. The average Bonchev–Trinajstić information content (AvgIpc) is 3.24. The second-order valence-corrected chi connectivity index (χ2v) is 9.44. The summed E-state index contributed by atoms with van der Waals surface area (Å²) in [6, 6.07) is 9.03. The van der Waals surface area contributed by atoms with Crippen molar-refractivity contribution < 1.29 is 19.1 Å². The van der Waals surface area contributed by atoms with Crippen LogP contribution in [0, 0.1) is 0 Å². The van der Waals surface area contributed by atoms with Crippen LogP contribution in [0.2, 0.25) is 0 Å². The van der Waals surface area contributed by atoms with Gasteiger partial charge in [0.15, 0.2) is 11.5 Å². The van der Waals surface area contributed by atoms with Crippen LogP contribution < -0.4 is 14.8 Å². The van der Waals surface area contributed by atoms with E-state index in [0.717, 1.165) is 12.0 Å².